The highest BCUT2D eigenvalue weighted by atomic mass is 32.2. The quantitative estimate of drug-likeness (QED) is 0.771. The van der Waals surface area contributed by atoms with E-state index in [-0.39, 0.29) is 0 Å². The molecule has 3 rings (SSSR count). The lowest BCUT2D eigenvalue weighted by atomic mass is 10.0. The Morgan fingerprint density at radius 3 is 2.57 bits per heavy atom. The van der Waals surface area contributed by atoms with Crippen LogP contribution in [0.15, 0.2) is 47.4 Å². The van der Waals surface area contributed by atoms with Gasteiger partial charge in [-0.25, -0.2) is 4.79 Å². The summed E-state index contributed by atoms with van der Waals surface area (Å²) in [5.74, 6) is 0.315. The van der Waals surface area contributed by atoms with Crippen LogP contribution in [0.25, 0.3) is 11.6 Å². The maximum atomic E-state index is 10.9. The number of allylic oxidation sites excluding steroid dienone is 1. The second kappa shape index (κ2) is 7.05. The third-order valence-electron chi connectivity index (χ3n) is 4.16. The molecule has 0 fully saturated rings. The van der Waals surface area contributed by atoms with Crippen molar-refractivity contribution in [2.45, 2.75) is 31.1 Å². The summed E-state index contributed by atoms with van der Waals surface area (Å²) in [4.78, 5) is 12.3. The van der Waals surface area contributed by atoms with Gasteiger partial charge >= 0.3 is 5.97 Å². The van der Waals surface area contributed by atoms with Crippen LogP contribution in [0, 0.1) is 0 Å². The van der Waals surface area contributed by atoms with Crippen molar-refractivity contribution in [3.8, 4) is 0 Å². The van der Waals surface area contributed by atoms with Crippen LogP contribution in [0.3, 0.4) is 0 Å². The van der Waals surface area contributed by atoms with Crippen molar-refractivity contribution in [2.75, 3.05) is 5.75 Å². The van der Waals surface area contributed by atoms with Crippen LogP contribution in [0.2, 0.25) is 0 Å². The van der Waals surface area contributed by atoms with Gasteiger partial charge in [-0.1, -0.05) is 30.3 Å². The predicted octanol–water partition coefficient (Wildman–Crippen LogP) is 5.37. The monoisotopic (exact) mass is 324 g/mol. The Hall–Kier alpha value is -2.00. The van der Waals surface area contributed by atoms with Gasteiger partial charge in [0.05, 0.1) is 5.56 Å². The first-order valence-corrected chi connectivity index (χ1v) is 8.90. The Morgan fingerprint density at radius 1 is 1.09 bits per heavy atom. The van der Waals surface area contributed by atoms with E-state index in [4.69, 9.17) is 5.11 Å². The first-order valence-electron chi connectivity index (χ1n) is 7.91. The summed E-state index contributed by atoms with van der Waals surface area (Å²) in [6, 6.07) is 13.7. The average Bonchev–Trinajstić information content (AvgIpc) is 2.79. The van der Waals surface area contributed by atoms with Crippen LogP contribution in [0.5, 0.6) is 0 Å². The molecular formula is C20H20O2S. The van der Waals surface area contributed by atoms with E-state index < -0.39 is 5.97 Å². The lowest BCUT2D eigenvalue weighted by molar-refractivity contribution is 0.0697. The Balaban J connectivity index is 1.85. The zero-order chi connectivity index (χ0) is 16.2. The maximum Gasteiger partial charge on any atom is 0.335 e. The number of aromatic carboxylic acids is 1. The highest BCUT2D eigenvalue weighted by Crippen LogP contribution is 2.32. The molecule has 2 aromatic rings. The second-order valence-electron chi connectivity index (χ2n) is 5.88. The van der Waals surface area contributed by atoms with Gasteiger partial charge in [-0.05, 0) is 72.4 Å². The molecule has 0 unspecified atom stereocenters. The Morgan fingerprint density at radius 2 is 1.83 bits per heavy atom. The Kier molecular flexibility index (Phi) is 4.87. The lowest BCUT2D eigenvalue weighted by Gasteiger charge is -2.09. The molecular weight excluding hydrogens is 304 g/mol. The smallest absolute Gasteiger partial charge is 0.335 e. The molecule has 118 valence electrons. The predicted molar refractivity (Wildman–Crippen MR) is 97.1 cm³/mol. The summed E-state index contributed by atoms with van der Waals surface area (Å²) in [7, 11) is 0. The molecule has 1 N–H and O–H groups in total. The van der Waals surface area contributed by atoms with E-state index in [0.29, 0.717) is 5.56 Å². The normalized spacial score (nSPS) is 14.9. The zero-order valence-corrected chi connectivity index (χ0v) is 14.0. The minimum absolute atomic E-state index is 0.321. The van der Waals surface area contributed by atoms with Crippen LogP contribution in [0.1, 0.15) is 46.8 Å². The van der Waals surface area contributed by atoms with Crippen molar-refractivity contribution in [1.29, 1.82) is 0 Å². The van der Waals surface area contributed by atoms with E-state index in [0.717, 1.165) is 5.56 Å². The van der Waals surface area contributed by atoms with Crippen LogP contribution in [0.4, 0.5) is 0 Å². The molecule has 23 heavy (non-hydrogen) atoms. The van der Waals surface area contributed by atoms with Gasteiger partial charge in [0, 0.05) is 4.90 Å². The molecule has 0 bridgehead atoms. The van der Waals surface area contributed by atoms with Gasteiger partial charge in [-0.2, -0.15) is 0 Å². The van der Waals surface area contributed by atoms with Gasteiger partial charge in [-0.3, -0.25) is 0 Å². The highest BCUT2D eigenvalue weighted by Gasteiger charge is 2.09. The van der Waals surface area contributed by atoms with Crippen molar-refractivity contribution in [3.63, 3.8) is 0 Å². The largest absolute Gasteiger partial charge is 0.478 e. The summed E-state index contributed by atoms with van der Waals surface area (Å²) < 4.78 is 0. The minimum atomic E-state index is -0.889. The molecule has 2 aromatic carbocycles. The molecule has 1 heterocycles. The van der Waals surface area contributed by atoms with E-state index in [1.54, 1.807) is 12.1 Å². The molecule has 0 saturated heterocycles. The van der Waals surface area contributed by atoms with Crippen molar-refractivity contribution < 1.29 is 9.90 Å². The molecule has 1 aliphatic heterocycles. The van der Waals surface area contributed by atoms with Gasteiger partial charge in [-0.15, -0.1) is 11.8 Å². The number of carbonyl (C=O) groups is 1. The van der Waals surface area contributed by atoms with Crippen LogP contribution in [-0.2, 0) is 6.42 Å². The minimum Gasteiger partial charge on any atom is -0.478 e. The lowest BCUT2D eigenvalue weighted by Crippen LogP contribution is -1.94. The molecule has 0 spiro atoms. The highest BCUT2D eigenvalue weighted by molar-refractivity contribution is 7.99. The molecule has 0 radical (unpaired) electrons. The first kappa shape index (κ1) is 15.9. The molecule has 3 heteroatoms. The summed E-state index contributed by atoms with van der Waals surface area (Å²) in [6.45, 7) is 2.11. The molecule has 1 aliphatic rings. The van der Waals surface area contributed by atoms with Gasteiger partial charge in [0.2, 0.25) is 0 Å². The number of carboxylic acid groups (broad SMARTS) is 1. The number of benzene rings is 2. The standard InChI is InChI=1S/C20H20O2S/c1-14(12-15-5-7-17(8-6-15)20(21)22)18-10-9-16-4-2-3-11-23-19(16)13-18/h5-10,12-13H,2-4,11H2,1H3,(H,21,22). The molecule has 0 aromatic heterocycles. The van der Waals surface area contributed by atoms with E-state index in [1.807, 2.05) is 23.9 Å². The molecule has 0 amide bonds. The topological polar surface area (TPSA) is 37.3 Å². The average molecular weight is 324 g/mol. The molecule has 0 aliphatic carbocycles. The third kappa shape index (κ3) is 3.85. The Labute approximate surface area is 141 Å². The fraction of sp³-hybridized carbons (Fsp3) is 0.250. The fourth-order valence-electron chi connectivity index (χ4n) is 2.80. The van der Waals surface area contributed by atoms with Gasteiger partial charge in [0.1, 0.15) is 0 Å². The summed E-state index contributed by atoms with van der Waals surface area (Å²) in [5, 5.41) is 8.95. The van der Waals surface area contributed by atoms with E-state index >= 15 is 0 Å². The molecule has 0 atom stereocenters. The van der Waals surface area contributed by atoms with Gasteiger partial charge in [0.15, 0.2) is 0 Å². The van der Waals surface area contributed by atoms with Crippen molar-refractivity contribution in [1.82, 2.24) is 0 Å². The molecule has 0 saturated carbocycles. The summed E-state index contributed by atoms with van der Waals surface area (Å²) in [6.07, 6.45) is 5.86. The van der Waals surface area contributed by atoms with E-state index in [2.05, 4.69) is 31.2 Å². The number of rotatable bonds is 3. The van der Waals surface area contributed by atoms with Crippen molar-refractivity contribution >= 4 is 29.4 Å². The SMILES string of the molecule is CC(=Cc1ccc(C(=O)O)cc1)c1ccc2c(c1)SCCCC2. The summed E-state index contributed by atoms with van der Waals surface area (Å²) in [5.41, 5.74) is 5.24. The maximum absolute atomic E-state index is 10.9. The van der Waals surface area contributed by atoms with Crippen LogP contribution in [-0.4, -0.2) is 16.8 Å². The number of fused-ring (bicyclic) bond motifs is 1. The fourth-order valence-corrected chi connectivity index (χ4v) is 3.93. The zero-order valence-electron chi connectivity index (χ0n) is 13.2. The van der Waals surface area contributed by atoms with Crippen LogP contribution >= 0.6 is 11.8 Å². The summed E-state index contributed by atoms with van der Waals surface area (Å²) >= 11 is 1.96. The van der Waals surface area contributed by atoms with Crippen LogP contribution < -0.4 is 0 Å². The Bertz CT molecular complexity index is 745. The molecule has 2 nitrogen and oxygen atoms in total. The number of aryl methyl sites for hydroxylation is 1. The third-order valence-corrected chi connectivity index (χ3v) is 5.35. The second-order valence-corrected chi connectivity index (χ2v) is 7.02. The van der Waals surface area contributed by atoms with E-state index in [1.165, 1.54) is 46.6 Å². The van der Waals surface area contributed by atoms with Gasteiger partial charge in [0.25, 0.3) is 0 Å². The number of hydrogen-bond donors (Lipinski definition) is 1. The number of thioether (sulfide) groups is 1. The van der Waals surface area contributed by atoms with Crippen molar-refractivity contribution in [3.05, 3.63) is 64.7 Å². The van der Waals surface area contributed by atoms with Crippen molar-refractivity contribution in [2.24, 2.45) is 0 Å². The van der Waals surface area contributed by atoms with Gasteiger partial charge < -0.3 is 5.11 Å². The first-order chi connectivity index (χ1) is 11.1. The number of carboxylic acids is 1. The van der Waals surface area contributed by atoms with E-state index in [9.17, 15) is 4.79 Å². The number of hydrogen-bond acceptors (Lipinski definition) is 2.